The second kappa shape index (κ2) is 6.20. The van der Waals surface area contributed by atoms with Crippen LogP contribution in [0.15, 0.2) is 35.1 Å². The number of aryl methyl sites for hydroxylation is 2. The van der Waals surface area contributed by atoms with Crippen LogP contribution < -0.4 is 4.90 Å². The van der Waals surface area contributed by atoms with Gasteiger partial charge in [0.05, 0.1) is 24.1 Å². The Labute approximate surface area is 166 Å². The SMILES string of the molecule is Cc1noc(C)c1Cn1cc(N2C(=O)C3Cc4ccc(O)cc4CN3C2=O)cn1. The number of hydrogen-bond donors (Lipinski definition) is 1. The summed E-state index contributed by atoms with van der Waals surface area (Å²) < 4.78 is 6.84. The molecule has 2 aromatic heterocycles. The van der Waals surface area contributed by atoms with Crippen molar-refractivity contribution in [2.45, 2.75) is 39.4 Å². The smallest absolute Gasteiger partial charge is 0.332 e. The lowest BCUT2D eigenvalue weighted by Crippen LogP contribution is -2.40. The summed E-state index contributed by atoms with van der Waals surface area (Å²) in [6.07, 6.45) is 3.63. The van der Waals surface area contributed by atoms with Crippen molar-refractivity contribution in [2.75, 3.05) is 4.90 Å². The third-order valence-corrected chi connectivity index (χ3v) is 5.64. The Morgan fingerprint density at radius 1 is 1.24 bits per heavy atom. The van der Waals surface area contributed by atoms with Crippen LogP contribution in [-0.4, -0.2) is 42.9 Å². The highest BCUT2D eigenvalue weighted by Gasteiger charge is 2.48. The molecule has 2 aliphatic rings. The van der Waals surface area contributed by atoms with E-state index >= 15 is 0 Å². The molecule has 1 fully saturated rings. The van der Waals surface area contributed by atoms with E-state index in [0.29, 0.717) is 31.0 Å². The van der Waals surface area contributed by atoms with Gasteiger partial charge in [0.25, 0.3) is 5.91 Å². The van der Waals surface area contributed by atoms with E-state index in [0.717, 1.165) is 22.4 Å². The van der Waals surface area contributed by atoms with Crippen molar-refractivity contribution in [3.8, 4) is 5.75 Å². The number of urea groups is 1. The first-order valence-electron chi connectivity index (χ1n) is 9.32. The predicted molar refractivity (Wildman–Crippen MR) is 101 cm³/mol. The monoisotopic (exact) mass is 393 g/mol. The number of anilines is 1. The van der Waals surface area contributed by atoms with Gasteiger partial charge in [-0.1, -0.05) is 11.2 Å². The van der Waals surface area contributed by atoms with Gasteiger partial charge < -0.3 is 14.5 Å². The van der Waals surface area contributed by atoms with E-state index in [4.69, 9.17) is 4.52 Å². The molecule has 29 heavy (non-hydrogen) atoms. The highest BCUT2D eigenvalue weighted by molar-refractivity contribution is 6.21. The molecule has 4 heterocycles. The lowest BCUT2D eigenvalue weighted by Gasteiger charge is -2.28. The van der Waals surface area contributed by atoms with Crippen molar-refractivity contribution in [2.24, 2.45) is 0 Å². The molecule has 0 saturated carbocycles. The summed E-state index contributed by atoms with van der Waals surface area (Å²) >= 11 is 0. The minimum atomic E-state index is -0.537. The first-order chi connectivity index (χ1) is 13.9. The van der Waals surface area contributed by atoms with Gasteiger partial charge >= 0.3 is 6.03 Å². The average molecular weight is 393 g/mol. The van der Waals surface area contributed by atoms with Gasteiger partial charge in [-0.2, -0.15) is 5.10 Å². The highest BCUT2D eigenvalue weighted by Crippen LogP contribution is 2.34. The maximum atomic E-state index is 13.0. The Hall–Kier alpha value is -3.62. The zero-order chi connectivity index (χ0) is 20.3. The van der Waals surface area contributed by atoms with Crippen molar-refractivity contribution in [3.63, 3.8) is 0 Å². The fourth-order valence-electron chi connectivity index (χ4n) is 4.05. The maximum Gasteiger partial charge on any atom is 0.332 e. The van der Waals surface area contributed by atoms with Gasteiger partial charge in [-0.3, -0.25) is 9.48 Å². The number of carbonyl (C=O) groups excluding carboxylic acids is 2. The van der Waals surface area contributed by atoms with Crippen molar-refractivity contribution < 1.29 is 19.2 Å². The molecular weight excluding hydrogens is 374 g/mol. The Morgan fingerprint density at radius 3 is 2.83 bits per heavy atom. The Balaban J connectivity index is 1.41. The summed E-state index contributed by atoms with van der Waals surface area (Å²) in [5, 5.41) is 18.0. The lowest BCUT2D eigenvalue weighted by molar-refractivity contribution is -0.120. The quantitative estimate of drug-likeness (QED) is 0.684. The summed E-state index contributed by atoms with van der Waals surface area (Å²) in [5.41, 5.74) is 3.98. The molecule has 148 valence electrons. The summed E-state index contributed by atoms with van der Waals surface area (Å²) in [6.45, 7) is 4.43. The zero-order valence-electron chi connectivity index (χ0n) is 16.0. The molecule has 0 bridgehead atoms. The topological polar surface area (TPSA) is 105 Å². The van der Waals surface area contributed by atoms with Gasteiger partial charge in [0, 0.05) is 24.7 Å². The summed E-state index contributed by atoms with van der Waals surface area (Å²) in [6, 6.07) is 4.15. The normalized spacial score (nSPS) is 18.3. The van der Waals surface area contributed by atoms with Gasteiger partial charge in [-0.15, -0.1) is 0 Å². The van der Waals surface area contributed by atoms with Crippen LogP contribution in [0, 0.1) is 13.8 Å². The molecule has 1 saturated heterocycles. The van der Waals surface area contributed by atoms with Gasteiger partial charge in [0.15, 0.2) is 0 Å². The van der Waals surface area contributed by atoms with E-state index in [1.807, 2.05) is 19.9 Å². The van der Waals surface area contributed by atoms with E-state index in [2.05, 4.69) is 10.3 Å². The van der Waals surface area contributed by atoms with Crippen LogP contribution in [0.25, 0.3) is 0 Å². The number of benzene rings is 1. The summed E-state index contributed by atoms with van der Waals surface area (Å²) in [7, 11) is 0. The lowest BCUT2D eigenvalue weighted by atomic mass is 9.94. The second-order valence-electron chi connectivity index (χ2n) is 7.46. The molecule has 1 aromatic carbocycles. The minimum absolute atomic E-state index is 0.151. The number of hydrogen-bond acceptors (Lipinski definition) is 6. The van der Waals surface area contributed by atoms with Crippen LogP contribution in [0.3, 0.4) is 0 Å². The average Bonchev–Trinajstić information content (AvgIpc) is 3.34. The summed E-state index contributed by atoms with van der Waals surface area (Å²) in [4.78, 5) is 28.7. The number of aromatic nitrogens is 3. The van der Waals surface area contributed by atoms with Crippen molar-refractivity contribution >= 4 is 17.6 Å². The van der Waals surface area contributed by atoms with Crippen LogP contribution in [0.4, 0.5) is 10.5 Å². The van der Waals surface area contributed by atoms with E-state index in [-0.39, 0.29) is 17.7 Å². The molecule has 1 atom stereocenters. The van der Waals surface area contributed by atoms with E-state index in [1.165, 1.54) is 11.1 Å². The highest BCUT2D eigenvalue weighted by atomic mass is 16.5. The number of imide groups is 1. The molecule has 0 aliphatic carbocycles. The number of nitrogens with zero attached hydrogens (tertiary/aromatic N) is 5. The minimum Gasteiger partial charge on any atom is -0.508 e. The molecule has 9 heteroatoms. The first kappa shape index (κ1) is 17.5. The van der Waals surface area contributed by atoms with Crippen molar-refractivity contribution in [1.29, 1.82) is 0 Å². The van der Waals surface area contributed by atoms with Crippen LogP contribution in [0.1, 0.15) is 28.1 Å². The molecule has 3 amide bonds. The molecule has 2 aliphatic heterocycles. The number of amides is 3. The van der Waals surface area contributed by atoms with Crippen molar-refractivity contribution in [1.82, 2.24) is 19.8 Å². The van der Waals surface area contributed by atoms with Crippen LogP contribution >= 0.6 is 0 Å². The molecular formula is C20H19N5O4. The Morgan fingerprint density at radius 2 is 2.07 bits per heavy atom. The largest absolute Gasteiger partial charge is 0.508 e. The fourth-order valence-corrected chi connectivity index (χ4v) is 4.05. The predicted octanol–water partition coefficient (Wildman–Crippen LogP) is 2.14. The summed E-state index contributed by atoms with van der Waals surface area (Å²) in [5.74, 6) is 0.606. The number of carbonyl (C=O) groups is 2. The van der Waals surface area contributed by atoms with Gasteiger partial charge in [0.1, 0.15) is 17.6 Å². The molecule has 0 radical (unpaired) electrons. The number of fused-ring (bicyclic) bond motifs is 2. The number of aromatic hydroxyl groups is 1. The number of rotatable bonds is 3. The molecule has 3 aromatic rings. The Bertz CT molecular complexity index is 1130. The molecule has 1 unspecified atom stereocenters. The van der Waals surface area contributed by atoms with Crippen LogP contribution in [0.5, 0.6) is 5.75 Å². The van der Waals surface area contributed by atoms with Crippen LogP contribution in [0.2, 0.25) is 0 Å². The zero-order valence-corrected chi connectivity index (χ0v) is 16.0. The second-order valence-corrected chi connectivity index (χ2v) is 7.46. The van der Waals surface area contributed by atoms with Gasteiger partial charge in [-0.05, 0) is 37.1 Å². The molecule has 5 rings (SSSR count). The number of phenols is 1. The molecule has 9 nitrogen and oxygen atoms in total. The van der Waals surface area contributed by atoms with E-state index < -0.39 is 6.04 Å². The van der Waals surface area contributed by atoms with Crippen molar-refractivity contribution in [3.05, 3.63) is 58.7 Å². The third-order valence-electron chi connectivity index (χ3n) is 5.64. The van der Waals surface area contributed by atoms with Gasteiger partial charge in [0.2, 0.25) is 0 Å². The van der Waals surface area contributed by atoms with E-state index in [1.54, 1.807) is 27.9 Å². The van der Waals surface area contributed by atoms with Crippen LogP contribution in [-0.2, 0) is 24.3 Å². The third kappa shape index (κ3) is 2.69. The maximum absolute atomic E-state index is 13.0. The number of phenolic OH excluding ortho intramolecular Hbond substituents is 1. The Kier molecular flexibility index (Phi) is 3.73. The first-order valence-corrected chi connectivity index (χ1v) is 9.32. The standard InChI is InChI=1S/C20H19N5O4/c1-11-17(12(2)29-22-11)10-23-9-15(7-21-23)25-19(27)18-6-13-3-4-16(26)5-14(13)8-24(18)20(25)28/h3-5,7,9,18,26H,6,8,10H2,1-2H3. The molecule has 0 spiro atoms. The van der Waals surface area contributed by atoms with Gasteiger partial charge in [-0.25, -0.2) is 9.69 Å². The molecule has 1 N–H and O–H groups in total. The fraction of sp³-hybridized carbons (Fsp3) is 0.300. The van der Waals surface area contributed by atoms with E-state index in [9.17, 15) is 14.7 Å².